The molecule has 0 aliphatic carbocycles. The molecule has 0 saturated heterocycles. The maximum Gasteiger partial charge on any atom is 0.0914 e. The van der Waals surface area contributed by atoms with E-state index in [0.29, 0.717) is 12.6 Å². The van der Waals surface area contributed by atoms with Crippen molar-refractivity contribution in [2.24, 2.45) is 5.92 Å². The molecule has 2 heteroatoms. The number of nitrogens with one attached hydrogen (secondary N) is 1. The van der Waals surface area contributed by atoms with Crippen LogP contribution in [0.2, 0.25) is 0 Å². The first kappa shape index (κ1) is 16.0. The van der Waals surface area contributed by atoms with Crippen LogP contribution in [-0.2, 0) is 0 Å². The number of aliphatic hydroxyl groups is 1. The molecule has 3 unspecified atom stereocenters. The normalized spacial score (nSPS) is 15.8. The van der Waals surface area contributed by atoms with Crippen molar-refractivity contribution in [3.63, 3.8) is 0 Å². The predicted molar refractivity (Wildman–Crippen MR) is 90.4 cm³/mol. The standard InChI is InChI=1S/C19H27NO/c1-4-14(2)11-15(3)20-13-19(21)18-10-9-16-7-5-6-8-17(16)12-18/h5-10,12,14-15,19-21H,4,11,13H2,1-3H3. The van der Waals surface area contributed by atoms with E-state index in [1.807, 2.05) is 18.2 Å². The summed E-state index contributed by atoms with van der Waals surface area (Å²) in [6, 6.07) is 14.9. The molecule has 2 aromatic carbocycles. The molecule has 0 saturated carbocycles. The molecule has 0 amide bonds. The summed E-state index contributed by atoms with van der Waals surface area (Å²) in [4.78, 5) is 0. The van der Waals surface area contributed by atoms with Crippen LogP contribution in [-0.4, -0.2) is 17.7 Å². The minimum atomic E-state index is -0.450. The molecule has 0 aromatic heterocycles. The van der Waals surface area contributed by atoms with Gasteiger partial charge in [-0.3, -0.25) is 0 Å². The second kappa shape index (κ2) is 7.58. The first-order chi connectivity index (χ1) is 10.1. The quantitative estimate of drug-likeness (QED) is 0.795. The third-order valence-corrected chi connectivity index (χ3v) is 4.27. The second-order valence-corrected chi connectivity index (χ2v) is 6.18. The Balaban J connectivity index is 1.94. The lowest BCUT2D eigenvalue weighted by molar-refractivity contribution is 0.168. The number of fused-ring (bicyclic) bond motifs is 1. The fraction of sp³-hybridized carbons (Fsp3) is 0.474. The molecule has 0 spiro atoms. The number of rotatable bonds is 7. The average molecular weight is 285 g/mol. The molecule has 0 bridgehead atoms. The van der Waals surface area contributed by atoms with E-state index >= 15 is 0 Å². The Kier molecular flexibility index (Phi) is 5.77. The van der Waals surface area contributed by atoms with Crippen LogP contribution in [0.25, 0.3) is 10.8 Å². The number of benzene rings is 2. The maximum atomic E-state index is 10.4. The van der Waals surface area contributed by atoms with Crippen molar-refractivity contribution in [1.82, 2.24) is 5.32 Å². The minimum Gasteiger partial charge on any atom is -0.387 e. The highest BCUT2D eigenvalue weighted by atomic mass is 16.3. The zero-order valence-electron chi connectivity index (χ0n) is 13.3. The Morgan fingerprint density at radius 1 is 1.05 bits per heavy atom. The van der Waals surface area contributed by atoms with Gasteiger partial charge < -0.3 is 10.4 Å². The Morgan fingerprint density at radius 2 is 1.76 bits per heavy atom. The van der Waals surface area contributed by atoms with Crippen LogP contribution in [0.15, 0.2) is 42.5 Å². The van der Waals surface area contributed by atoms with Crippen molar-refractivity contribution in [3.8, 4) is 0 Å². The zero-order chi connectivity index (χ0) is 15.2. The predicted octanol–water partition coefficient (Wildman–Crippen LogP) is 4.29. The van der Waals surface area contributed by atoms with Gasteiger partial charge in [0.25, 0.3) is 0 Å². The molecule has 0 aliphatic heterocycles. The van der Waals surface area contributed by atoms with Gasteiger partial charge in [-0.25, -0.2) is 0 Å². The first-order valence-corrected chi connectivity index (χ1v) is 8.00. The van der Waals surface area contributed by atoms with E-state index in [1.54, 1.807) is 0 Å². The van der Waals surface area contributed by atoms with Crippen molar-refractivity contribution in [3.05, 3.63) is 48.0 Å². The molecule has 0 aliphatic rings. The van der Waals surface area contributed by atoms with Crippen molar-refractivity contribution >= 4 is 10.8 Å². The topological polar surface area (TPSA) is 32.3 Å². The summed E-state index contributed by atoms with van der Waals surface area (Å²) >= 11 is 0. The van der Waals surface area contributed by atoms with Gasteiger partial charge in [0, 0.05) is 12.6 Å². The van der Waals surface area contributed by atoms with E-state index in [4.69, 9.17) is 0 Å². The Bertz CT molecular complexity index is 566. The summed E-state index contributed by atoms with van der Waals surface area (Å²) in [5.74, 6) is 0.727. The van der Waals surface area contributed by atoms with Crippen molar-refractivity contribution in [2.75, 3.05) is 6.54 Å². The fourth-order valence-corrected chi connectivity index (χ4v) is 2.70. The molecular formula is C19H27NO. The Labute approximate surface area is 128 Å². The van der Waals surface area contributed by atoms with Crippen LogP contribution in [0.5, 0.6) is 0 Å². The van der Waals surface area contributed by atoms with Crippen LogP contribution in [0, 0.1) is 5.92 Å². The summed E-state index contributed by atoms with van der Waals surface area (Å²) in [5.41, 5.74) is 0.983. The van der Waals surface area contributed by atoms with Gasteiger partial charge in [-0.05, 0) is 41.7 Å². The van der Waals surface area contributed by atoms with Crippen LogP contribution in [0.3, 0.4) is 0 Å². The summed E-state index contributed by atoms with van der Waals surface area (Å²) in [5, 5.41) is 16.2. The van der Waals surface area contributed by atoms with E-state index in [0.717, 1.165) is 17.9 Å². The average Bonchev–Trinajstić information content (AvgIpc) is 2.51. The van der Waals surface area contributed by atoms with Gasteiger partial charge in [-0.15, -0.1) is 0 Å². The van der Waals surface area contributed by atoms with Gasteiger partial charge >= 0.3 is 0 Å². The van der Waals surface area contributed by atoms with Crippen LogP contribution in [0.1, 0.15) is 45.3 Å². The van der Waals surface area contributed by atoms with E-state index in [9.17, 15) is 5.11 Å². The molecule has 2 rings (SSSR count). The highest BCUT2D eigenvalue weighted by molar-refractivity contribution is 5.83. The molecule has 2 aromatic rings. The lowest BCUT2D eigenvalue weighted by Crippen LogP contribution is -2.31. The number of hydrogen-bond donors (Lipinski definition) is 2. The van der Waals surface area contributed by atoms with Crippen LogP contribution < -0.4 is 5.32 Å². The molecule has 0 radical (unpaired) electrons. The highest BCUT2D eigenvalue weighted by Crippen LogP contribution is 2.20. The van der Waals surface area contributed by atoms with Crippen molar-refractivity contribution in [2.45, 2.75) is 45.8 Å². The van der Waals surface area contributed by atoms with Crippen LogP contribution >= 0.6 is 0 Å². The third-order valence-electron chi connectivity index (χ3n) is 4.27. The number of hydrogen-bond acceptors (Lipinski definition) is 2. The van der Waals surface area contributed by atoms with Gasteiger partial charge in [0.2, 0.25) is 0 Å². The molecule has 0 heterocycles. The van der Waals surface area contributed by atoms with Crippen molar-refractivity contribution in [1.29, 1.82) is 0 Å². The first-order valence-electron chi connectivity index (χ1n) is 8.00. The third kappa shape index (κ3) is 4.55. The van der Waals surface area contributed by atoms with Gasteiger partial charge in [0.1, 0.15) is 0 Å². The number of aliphatic hydroxyl groups excluding tert-OH is 1. The van der Waals surface area contributed by atoms with E-state index in [2.05, 4.69) is 50.4 Å². The smallest absolute Gasteiger partial charge is 0.0914 e. The summed E-state index contributed by atoms with van der Waals surface area (Å²) < 4.78 is 0. The molecular weight excluding hydrogens is 258 g/mol. The molecule has 0 fully saturated rings. The lowest BCUT2D eigenvalue weighted by Gasteiger charge is -2.20. The zero-order valence-corrected chi connectivity index (χ0v) is 13.3. The SMILES string of the molecule is CCC(C)CC(C)NCC(O)c1ccc2ccccc2c1. The fourth-order valence-electron chi connectivity index (χ4n) is 2.70. The summed E-state index contributed by atoms with van der Waals surface area (Å²) in [6.07, 6.45) is 1.91. The van der Waals surface area contributed by atoms with Crippen molar-refractivity contribution < 1.29 is 5.11 Å². The molecule has 3 atom stereocenters. The monoisotopic (exact) mass is 285 g/mol. The van der Waals surface area contributed by atoms with E-state index < -0.39 is 6.10 Å². The Morgan fingerprint density at radius 3 is 2.48 bits per heavy atom. The minimum absolute atomic E-state index is 0.440. The maximum absolute atomic E-state index is 10.4. The van der Waals surface area contributed by atoms with Gasteiger partial charge in [0.15, 0.2) is 0 Å². The molecule has 2 N–H and O–H groups in total. The molecule has 21 heavy (non-hydrogen) atoms. The largest absolute Gasteiger partial charge is 0.387 e. The van der Waals surface area contributed by atoms with Crippen LogP contribution in [0.4, 0.5) is 0 Å². The molecule has 114 valence electrons. The van der Waals surface area contributed by atoms with E-state index in [1.165, 1.54) is 17.2 Å². The highest BCUT2D eigenvalue weighted by Gasteiger charge is 2.11. The van der Waals surface area contributed by atoms with E-state index in [-0.39, 0.29) is 0 Å². The van der Waals surface area contributed by atoms with Gasteiger partial charge in [-0.1, -0.05) is 56.7 Å². The summed E-state index contributed by atoms with van der Waals surface area (Å²) in [7, 11) is 0. The summed E-state index contributed by atoms with van der Waals surface area (Å²) in [6.45, 7) is 7.30. The van der Waals surface area contributed by atoms with Gasteiger partial charge in [-0.2, -0.15) is 0 Å². The Hall–Kier alpha value is -1.38. The van der Waals surface area contributed by atoms with Gasteiger partial charge in [0.05, 0.1) is 6.10 Å². The molecule has 2 nitrogen and oxygen atoms in total. The lowest BCUT2D eigenvalue weighted by atomic mass is 9.99. The second-order valence-electron chi connectivity index (χ2n) is 6.18.